The van der Waals surface area contributed by atoms with Crippen LogP contribution in [0.5, 0.6) is 5.75 Å². The fourth-order valence-corrected chi connectivity index (χ4v) is 5.53. The zero-order valence-electron chi connectivity index (χ0n) is 18.0. The van der Waals surface area contributed by atoms with Crippen molar-refractivity contribution in [3.8, 4) is 16.9 Å². The minimum atomic E-state index is 0.191. The van der Waals surface area contributed by atoms with Gasteiger partial charge in [0.25, 0.3) is 0 Å². The second-order valence-corrected chi connectivity index (χ2v) is 9.59. The number of nitrogen functional groups attached to an aromatic ring is 1. The summed E-state index contributed by atoms with van der Waals surface area (Å²) in [5.41, 5.74) is 9.40. The molecule has 1 saturated heterocycles. The Morgan fingerprint density at radius 2 is 2.16 bits per heavy atom. The summed E-state index contributed by atoms with van der Waals surface area (Å²) in [7, 11) is 0. The Morgan fingerprint density at radius 1 is 1.26 bits per heavy atom. The van der Waals surface area contributed by atoms with Gasteiger partial charge in [-0.2, -0.15) is 11.8 Å². The molecule has 1 saturated carbocycles. The van der Waals surface area contributed by atoms with Gasteiger partial charge < -0.3 is 19.8 Å². The fraction of sp³-hybridized carbons (Fsp3) is 0.500. The van der Waals surface area contributed by atoms with Gasteiger partial charge in [-0.05, 0) is 67.7 Å². The first-order valence-corrected chi connectivity index (χ1v) is 12.6. The van der Waals surface area contributed by atoms with Gasteiger partial charge in [0.2, 0.25) is 0 Å². The molecular weight excluding hydrogens is 408 g/mol. The van der Waals surface area contributed by atoms with E-state index in [2.05, 4.69) is 39.1 Å². The number of thioether (sulfide) groups is 1. The molecule has 1 aliphatic heterocycles. The molecule has 0 spiro atoms. The molecule has 6 nitrogen and oxygen atoms in total. The minimum Gasteiger partial charge on any atom is -0.491 e. The van der Waals surface area contributed by atoms with Crippen LogP contribution in [0.1, 0.15) is 38.1 Å². The summed E-state index contributed by atoms with van der Waals surface area (Å²) < 4.78 is 14.2. The molecule has 1 aromatic carbocycles. The van der Waals surface area contributed by atoms with E-state index in [1.807, 2.05) is 23.9 Å². The third-order valence-corrected chi connectivity index (χ3v) is 7.30. The van der Waals surface area contributed by atoms with Crippen LogP contribution in [0.3, 0.4) is 0 Å². The molecule has 1 unspecified atom stereocenters. The van der Waals surface area contributed by atoms with Gasteiger partial charge in [-0.15, -0.1) is 0 Å². The van der Waals surface area contributed by atoms with Gasteiger partial charge in [0, 0.05) is 24.4 Å². The number of benzene rings is 1. The van der Waals surface area contributed by atoms with Crippen LogP contribution in [0.4, 0.5) is 5.82 Å². The first-order valence-electron chi connectivity index (χ1n) is 11.2. The molecule has 1 aliphatic carbocycles. The lowest BCUT2D eigenvalue weighted by molar-refractivity contribution is -0.0110. The number of fused-ring (bicyclic) bond motifs is 1. The van der Waals surface area contributed by atoms with Crippen LogP contribution in [-0.2, 0) is 4.74 Å². The number of anilines is 1. The summed E-state index contributed by atoms with van der Waals surface area (Å²) in [4.78, 5) is 8.88. The first kappa shape index (κ1) is 20.6. The number of hydrogen-bond acceptors (Lipinski definition) is 6. The van der Waals surface area contributed by atoms with Crippen molar-refractivity contribution in [1.82, 2.24) is 14.5 Å². The second-order valence-electron chi connectivity index (χ2n) is 8.68. The number of aromatic nitrogens is 3. The van der Waals surface area contributed by atoms with Crippen LogP contribution in [0.25, 0.3) is 22.2 Å². The molecular formula is C24H30N4O2S. The molecule has 1 atom stereocenters. The van der Waals surface area contributed by atoms with Gasteiger partial charge >= 0.3 is 0 Å². The highest BCUT2D eigenvalue weighted by Crippen LogP contribution is 2.43. The van der Waals surface area contributed by atoms with E-state index < -0.39 is 0 Å². The van der Waals surface area contributed by atoms with Crippen molar-refractivity contribution in [3.63, 3.8) is 0 Å². The number of ether oxygens (including phenoxy) is 2. The molecule has 2 fully saturated rings. The van der Waals surface area contributed by atoms with E-state index in [0.717, 1.165) is 53.3 Å². The zero-order chi connectivity index (χ0) is 21.2. The lowest BCUT2D eigenvalue weighted by Gasteiger charge is -2.36. The Morgan fingerprint density at radius 3 is 2.97 bits per heavy atom. The Kier molecular flexibility index (Phi) is 6.05. The predicted octanol–water partition coefficient (Wildman–Crippen LogP) is 4.94. The van der Waals surface area contributed by atoms with E-state index in [1.54, 1.807) is 6.33 Å². The normalized spacial score (nSPS) is 23.6. The summed E-state index contributed by atoms with van der Waals surface area (Å²) >= 11 is 1.93. The molecule has 2 N–H and O–H groups in total. The third kappa shape index (κ3) is 4.26. The van der Waals surface area contributed by atoms with Crippen molar-refractivity contribution >= 4 is 28.6 Å². The number of nitrogens with zero attached hydrogens (tertiary/aromatic N) is 3. The first-order chi connectivity index (χ1) is 15.2. The summed E-state index contributed by atoms with van der Waals surface area (Å²) in [5.74, 6) is 3.40. The van der Waals surface area contributed by atoms with Crippen LogP contribution in [0.15, 0.2) is 36.8 Å². The summed E-state index contributed by atoms with van der Waals surface area (Å²) in [6.45, 7) is 1.43. The molecule has 5 rings (SSSR count). The van der Waals surface area contributed by atoms with Crippen LogP contribution >= 0.6 is 11.8 Å². The van der Waals surface area contributed by atoms with Crippen molar-refractivity contribution < 1.29 is 9.47 Å². The lowest BCUT2D eigenvalue weighted by atomic mass is 9.81. The quantitative estimate of drug-likeness (QED) is 0.563. The molecule has 0 bridgehead atoms. The van der Waals surface area contributed by atoms with Crippen LogP contribution in [0, 0.1) is 5.92 Å². The maximum Gasteiger partial charge on any atom is 0.146 e. The van der Waals surface area contributed by atoms with Gasteiger partial charge in [-0.25, -0.2) is 9.97 Å². The van der Waals surface area contributed by atoms with Gasteiger partial charge in [-0.1, -0.05) is 12.1 Å². The van der Waals surface area contributed by atoms with Gasteiger partial charge in [-0.3, -0.25) is 0 Å². The summed E-state index contributed by atoms with van der Waals surface area (Å²) in [6, 6.07) is 8.71. The average Bonchev–Trinajstić information content (AvgIpc) is 3.16. The average molecular weight is 439 g/mol. The topological polar surface area (TPSA) is 75.2 Å². The molecule has 31 heavy (non-hydrogen) atoms. The largest absolute Gasteiger partial charge is 0.491 e. The molecule has 0 amide bonds. The van der Waals surface area contributed by atoms with E-state index in [1.165, 1.54) is 25.0 Å². The minimum absolute atomic E-state index is 0.191. The molecule has 3 aromatic rings. The van der Waals surface area contributed by atoms with Crippen molar-refractivity contribution in [2.24, 2.45) is 5.92 Å². The maximum atomic E-state index is 6.32. The van der Waals surface area contributed by atoms with E-state index in [-0.39, 0.29) is 6.10 Å². The number of rotatable bonds is 7. The zero-order valence-corrected chi connectivity index (χ0v) is 18.8. The van der Waals surface area contributed by atoms with Crippen LogP contribution in [-0.4, -0.2) is 45.9 Å². The van der Waals surface area contributed by atoms with Gasteiger partial charge in [0.05, 0.1) is 11.5 Å². The lowest BCUT2D eigenvalue weighted by Crippen LogP contribution is -2.28. The monoisotopic (exact) mass is 438 g/mol. The number of hydrogen-bond donors (Lipinski definition) is 1. The molecule has 2 aromatic heterocycles. The van der Waals surface area contributed by atoms with Crippen molar-refractivity contribution in [1.29, 1.82) is 0 Å². The van der Waals surface area contributed by atoms with E-state index in [9.17, 15) is 0 Å². The summed E-state index contributed by atoms with van der Waals surface area (Å²) in [5, 5.41) is 0.934. The van der Waals surface area contributed by atoms with Crippen molar-refractivity contribution in [3.05, 3.63) is 36.8 Å². The second kappa shape index (κ2) is 9.09. The van der Waals surface area contributed by atoms with E-state index in [4.69, 9.17) is 15.2 Å². The Bertz CT molecular complexity index is 1040. The Balaban J connectivity index is 1.42. The Hall–Kier alpha value is -2.25. The predicted molar refractivity (Wildman–Crippen MR) is 127 cm³/mol. The van der Waals surface area contributed by atoms with E-state index >= 15 is 0 Å². The van der Waals surface area contributed by atoms with Crippen LogP contribution in [0.2, 0.25) is 0 Å². The Labute approximate surface area is 187 Å². The van der Waals surface area contributed by atoms with Crippen LogP contribution < -0.4 is 10.5 Å². The van der Waals surface area contributed by atoms with Gasteiger partial charge in [0.1, 0.15) is 30.1 Å². The molecule has 3 heterocycles. The number of nitrogens with two attached hydrogens (primary N) is 1. The maximum absolute atomic E-state index is 6.32. The molecule has 7 heteroatoms. The van der Waals surface area contributed by atoms with Crippen molar-refractivity contribution in [2.75, 3.05) is 31.0 Å². The van der Waals surface area contributed by atoms with Gasteiger partial charge in [0.15, 0.2) is 0 Å². The molecule has 164 valence electrons. The highest BCUT2D eigenvalue weighted by molar-refractivity contribution is 7.98. The fourth-order valence-electron chi connectivity index (χ4n) is 4.79. The molecule has 2 aliphatic rings. The molecule has 0 radical (unpaired) electrons. The highest BCUT2D eigenvalue weighted by Gasteiger charge is 2.32. The standard InChI is InChI=1S/C24H30N4O2S/c1-31-14-16-9-18(10-16)28-12-21(22-23(25)26-15-27-24(22)28)17-5-4-7-19(11-17)30-13-20-6-2-3-8-29-20/h4-5,7,11-12,15-16,18,20H,2-3,6,8-10,13-14H2,1H3,(H2,25,26,27)/t16-,18+,20?. The van der Waals surface area contributed by atoms with E-state index in [0.29, 0.717) is 18.5 Å². The smallest absolute Gasteiger partial charge is 0.146 e. The highest BCUT2D eigenvalue weighted by atomic mass is 32.2. The SMILES string of the molecule is CSC[C@H]1C[C@@H](n2cc(-c3cccc(OCC4CCCCO4)c3)c3c(N)ncnc32)C1. The van der Waals surface area contributed by atoms with Crippen molar-refractivity contribution in [2.45, 2.75) is 44.2 Å². The third-order valence-electron chi connectivity index (χ3n) is 6.50. The summed E-state index contributed by atoms with van der Waals surface area (Å²) in [6.07, 6.45) is 12.0.